The summed E-state index contributed by atoms with van der Waals surface area (Å²) in [5.41, 5.74) is 2.91. The average Bonchev–Trinajstić information content (AvgIpc) is 4.03. The summed E-state index contributed by atoms with van der Waals surface area (Å²) in [6.07, 6.45) is 1.77. The fourth-order valence-electron chi connectivity index (χ4n) is 8.04. The molecule has 0 aromatic heterocycles. The van der Waals surface area contributed by atoms with Gasteiger partial charge in [0, 0.05) is 45.7 Å². The van der Waals surface area contributed by atoms with Crippen LogP contribution in [0, 0.1) is 0 Å². The Labute approximate surface area is 434 Å². The number of benzene rings is 6. The van der Waals surface area contributed by atoms with Crippen LogP contribution < -0.4 is 0 Å². The van der Waals surface area contributed by atoms with Gasteiger partial charge in [-0.05, 0) is 6.08 Å². The van der Waals surface area contributed by atoms with E-state index in [4.69, 9.17) is 12.2 Å². The van der Waals surface area contributed by atoms with Crippen LogP contribution in [-0.2, 0) is 0 Å². The van der Waals surface area contributed by atoms with Crippen molar-refractivity contribution >= 4 is 122 Å². The molecule has 4 aliphatic rings. The standard InChI is InChI=1S/C56H35NO6S7/c58-43(34-19-7-1-8-20-34)42-49(44(59)35-21-9-2-10-22-35)68-55-54(56(42)69-52(47(62)38-27-15-5-16-28-38)53(70-56)48(63)39-29-17-6-18-30-39)57(31-32-65-55)40(64)33-41-66-50(45(60)36-23-11-3-12-24-36)51(67-41)46(61)37-25-13-4-14-26-37/h1-30,33H,31-32H2. The molecular weight excluding hydrogens is 1010 g/mol. The molecule has 0 bridgehead atoms. The highest BCUT2D eigenvalue weighted by atomic mass is 32.2. The first-order valence-electron chi connectivity index (χ1n) is 21.8. The van der Waals surface area contributed by atoms with E-state index < -0.39 is 21.4 Å². The second-order valence-corrected chi connectivity index (χ2v) is 23.6. The Morgan fingerprint density at radius 1 is 0.429 bits per heavy atom. The molecule has 0 atom stereocenters. The predicted octanol–water partition coefficient (Wildman–Crippen LogP) is 13.8. The number of Topliss-reactive ketones (excluding diaryl/α,β-unsaturated/α-hetero) is 6. The molecule has 0 amide bonds. The van der Waals surface area contributed by atoms with Crippen LogP contribution in [0.4, 0.5) is 0 Å². The van der Waals surface area contributed by atoms with Crippen molar-refractivity contribution in [3.8, 4) is 0 Å². The lowest BCUT2D eigenvalue weighted by Gasteiger charge is -2.45. The summed E-state index contributed by atoms with van der Waals surface area (Å²) < 4.78 is -0.359. The van der Waals surface area contributed by atoms with Crippen LogP contribution in [0.1, 0.15) is 62.1 Å². The number of thioether (sulfide) groups is 6. The summed E-state index contributed by atoms with van der Waals surface area (Å²) >= 11 is 13.7. The molecule has 1 spiro atoms. The number of carbonyl (C=O) groups is 6. The number of rotatable bonds is 13. The lowest BCUT2D eigenvalue weighted by molar-refractivity contribution is 0.100. The summed E-state index contributed by atoms with van der Waals surface area (Å²) in [5, 5.41) is 0. The number of carbonyl (C=O) groups excluding carboxylic acids is 6. The van der Waals surface area contributed by atoms with Crippen LogP contribution in [0.3, 0.4) is 0 Å². The molecule has 6 aromatic rings. The highest BCUT2D eigenvalue weighted by Crippen LogP contribution is 2.69. The zero-order chi connectivity index (χ0) is 48.4. The molecule has 0 saturated carbocycles. The number of fused-ring (bicyclic) bond motifs is 1. The number of allylic oxidation sites excluding steroid dienone is 5. The maximum absolute atomic E-state index is 15.7. The van der Waals surface area contributed by atoms with Gasteiger partial charge in [-0.1, -0.05) is 253 Å². The minimum atomic E-state index is -1.63. The number of hydrogen-bond donors (Lipinski definition) is 0. The van der Waals surface area contributed by atoms with Crippen LogP contribution in [0.15, 0.2) is 232 Å². The molecule has 0 aliphatic carbocycles. The molecule has 0 unspecified atom stereocenters. The van der Waals surface area contributed by atoms with Crippen LogP contribution in [0.2, 0.25) is 0 Å². The lowest BCUT2D eigenvalue weighted by atomic mass is 9.94. The van der Waals surface area contributed by atoms with Crippen molar-refractivity contribution in [2.75, 3.05) is 12.3 Å². The molecule has 4 aliphatic heterocycles. The Hall–Kier alpha value is -5.97. The third-order valence-corrected chi connectivity index (χ3v) is 19.8. The molecule has 342 valence electrons. The highest BCUT2D eigenvalue weighted by molar-refractivity contribution is 8.29. The van der Waals surface area contributed by atoms with E-state index in [-0.39, 0.29) is 47.4 Å². The second kappa shape index (κ2) is 20.8. The van der Waals surface area contributed by atoms with Crippen LogP contribution >= 0.6 is 82.8 Å². The van der Waals surface area contributed by atoms with E-state index in [1.807, 2.05) is 23.1 Å². The zero-order valence-corrected chi connectivity index (χ0v) is 42.3. The van der Waals surface area contributed by atoms with Gasteiger partial charge in [-0.2, -0.15) is 0 Å². The molecule has 6 aromatic carbocycles. The average molecular weight is 1040 g/mol. The first kappa shape index (κ1) is 47.7. The monoisotopic (exact) mass is 1040 g/mol. The summed E-state index contributed by atoms with van der Waals surface area (Å²) in [6, 6.07) is 52.5. The summed E-state index contributed by atoms with van der Waals surface area (Å²) in [7, 11) is 0. The number of nitrogens with zero attached hydrogens (tertiary/aromatic N) is 1. The first-order valence-corrected chi connectivity index (χ1v) is 27.2. The zero-order valence-electron chi connectivity index (χ0n) is 36.6. The molecular formula is C56H35NO6S7. The van der Waals surface area contributed by atoms with Gasteiger partial charge in [0.25, 0.3) is 0 Å². The van der Waals surface area contributed by atoms with Gasteiger partial charge < -0.3 is 4.90 Å². The van der Waals surface area contributed by atoms with Crippen molar-refractivity contribution in [1.82, 2.24) is 4.90 Å². The SMILES string of the molecule is O=C(C1=C(C(=O)c2ccccc2)SC(=CC(=S)N2CCSC3=C2C2(SC(C(=O)c4ccccc4)=C(C(=O)c4ccccc4)S2)C(C(=O)c2ccccc2)=C(C(=O)c2ccccc2)S3)S1)c1ccccc1. The number of hydrogen-bond acceptors (Lipinski definition) is 13. The molecule has 70 heavy (non-hydrogen) atoms. The number of thiocarbonyl (C=S) groups is 1. The Morgan fingerprint density at radius 3 is 1.13 bits per heavy atom. The van der Waals surface area contributed by atoms with Crippen molar-refractivity contribution in [2.45, 2.75) is 4.08 Å². The Morgan fingerprint density at radius 2 is 0.757 bits per heavy atom. The maximum atomic E-state index is 15.7. The Balaban J connectivity index is 1.14. The van der Waals surface area contributed by atoms with Gasteiger partial charge in [0.2, 0.25) is 23.1 Å². The summed E-state index contributed by atoms with van der Waals surface area (Å²) in [5.74, 6) is -1.71. The first-order chi connectivity index (χ1) is 34.1. The summed E-state index contributed by atoms with van der Waals surface area (Å²) in [4.78, 5) is 92.5. The second-order valence-electron chi connectivity index (χ2n) is 15.8. The van der Waals surface area contributed by atoms with E-state index in [9.17, 15) is 9.59 Å². The smallest absolute Gasteiger partial charge is 0.201 e. The molecule has 0 fully saturated rings. The van der Waals surface area contributed by atoms with Crippen molar-refractivity contribution in [2.24, 2.45) is 0 Å². The van der Waals surface area contributed by atoms with E-state index in [2.05, 4.69) is 0 Å². The van der Waals surface area contributed by atoms with Gasteiger partial charge in [0.1, 0.15) is 9.07 Å². The van der Waals surface area contributed by atoms with E-state index in [1.54, 1.807) is 170 Å². The predicted molar refractivity (Wildman–Crippen MR) is 293 cm³/mol. The van der Waals surface area contributed by atoms with Crippen LogP contribution in [0.5, 0.6) is 0 Å². The topological polar surface area (TPSA) is 106 Å². The van der Waals surface area contributed by atoms with Gasteiger partial charge in [0.05, 0.1) is 44.3 Å². The quantitative estimate of drug-likeness (QED) is 0.0622. The van der Waals surface area contributed by atoms with Crippen molar-refractivity contribution in [1.29, 1.82) is 0 Å². The van der Waals surface area contributed by atoms with E-state index in [1.165, 1.54) is 47.0 Å². The van der Waals surface area contributed by atoms with Crippen LogP contribution in [-0.4, -0.2) is 61.0 Å². The fourth-order valence-corrected chi connectivity index (χ4v) is 17.5. The normalized spacial score (nSPS) is 16.3. The maximum Gasteiger partial charge on any atom is 0.201 e. The minimum absolute atomic E-state index is 0.112. The molecule has 10 rings (SSSR count). The molecule has 4 heterocycles. The Kier molecular flexibility index (Phi) is 14.2. The fraction of sp³-hybridized carbons (Fsp3) is 0.0536. The van der Waals surface area contributed by atoms with Crippen molar-refractivity contribution < 1.29 is 28.8 Å². The van der Waals surface area contributed by atoms with Gasteiger partial charge in [0.15, 0.2) is 11.6 Å². The molecule has 14 heteroatoms. The third-order valence-electron chi connectivity index (χ3n) is 11.4. The molecule has 7 nitrogen and oxygen atoms in total. The van der Waals surface area contributed by atoms with Crippen molar-refractivity contribution in [3.05, 3.63) is 266 Å². The van der Waals surface area contributed by atoms with Gasteiger partial charge >= 0.3 is 0 Å². The van der Waals surface area contributed by atoms with E-state index >= 15 is 19.2 Å². The Bertz CT molecular complexity index is 3190. The molecule has 0 saturated heterocycles. The van der Waals surface area contributed by atoms with Gasteiger partial charge in [-0.3, -0.25) is 28.8 Å². The van der Waals surface area contributed by atoms with Gasteiger partial charge in [-0.15, -0.1) is 11.8 Å². The van der Waals surface area contributed by atoms with E-state index in [0.29, 0.717) is 64.8 Å². The summed E-state index contributed by atoms with van der Waals surface area (Å²) in [6.45, 7) is 0.350. The highest BCUT2D eigenvalue weighted by Gasteiger charge is 2.59. The largest absolute Gasteiger partial charge is 0.332 e. The van der Waals surface area contributed by atoms with Crippen molar-refractivity contribution in [3.63, 3.8) is 0 Å². The molecule has 0 N–H and O–H groups in total. The van der Waals surface area contributed by atoms with E-state index in [0.717, 1.165) is 23.5 Å². The molecule has 0 radical (unpaired) electrons. The number of ketones is 6. The minimum Gasteiger partial charge on any atom is -0.332 e. The third kappa shape index (κ3) is 9.25. The van der Waals surface area contributed by atoms with Crippen LogP contribution in [0.25, 0.3) is 0 Å². The lowest BCUT2D eigenvalue weighted by Crippen LogP contribution is -2.46. The van der Waals surface area contributed by atoms with Gasteiger partial charge in [-0.25, -0.2) is 0 Å².